The van der Waals surface area contributed by atoms with E-state index in [0.29, 0.717) is 23.6 Å². The highest BCUT2D eigenvalue weighted by atomic mass is 15.4. The molecule has 8 heteroatoms. The SMILES string of the molecule is CC[C@H]1CN([C@@H](CC)c2cccc(C)c2)[C@H](CC)CN1c1nc2nncn2c2ccc(C#N)nc12. The molecule has 4 aromatic rings. The summed E-state index contributed by atoms with van der Waals surface area (Å²) in [6.45, 7) is 10.8. The Labute approximate surface area is 206 Å². The van der Waals surface area contributed by atoms with Gasteiger partial charge in [-0.05, 0) is 43.9 Å². The average Bonchev–Trinajstić information content (AvgIpc) is 3.37. The van der Waals surface area contributed by atoms with E-state index < -0.39 is 0 Å². The van der Waals surface area contributed by atoms with Crippen molar-refractivity contribution in [3.63, 3.8) is 0 Å². The van der Waals surface area contributed by atoms with Crippen molar-refractivity contribution >= 4 is 22.6 Å². The fourth-order valence-electron chi connectivity index (χ4n) is 5.56. The highest BCUT2D eigenvalue weighted by Gasteiger charge is 2.37. The van der Waals surface area contributed by atoms with E-state index in [1.807, 2.05) is 10.5 Å². The van der Waals surface area contributed by atoms with Gasteiger partial charge in [-0.3, -0.25) is 9.30 Å². The molecule has 0 unspecified atom stereocenters. The van der Waals surface area contributed by atoms with Gasteiger partial charge in [0.25, 0.3) is 5.78 Å². The molecule has 5 rings (SSSR count). The molecule has 0 spiro atoms. The lowest BCUT2D eigenvalue weighted by Crippen LogP contribution is -2.59. The van der Waals surface area contributed by atoms with Gasteiger partial charge in [-0.1, -0.05) is 50.6 Å². The predicted octanol–water partition coefficient (Wildman–Crippen LogP) is 4.68. The summed E-state index contributed by atoms with van der Waals surface area (Å²) < 4.78 is 1.84. The molecule has 1 aliphatic rings. The summed E-state index contributed by atoms with van der Waals surface area (Å²) in [4.78, 5) is 14.7. The molecule has 1 aromatic carbocycles. The van der Waals surface area contributed by atoms with Crippen LogP contribution >= 0.6 is 0 Å². The summed E-state index contributed by atoms with van der Waals surface area (Å²) in [6, 6.07) is 15.8. The second-order valence-corrected chi connectivity index (χ2v) is 9.42. The predicted molar refractivity (Wildman–Crippen MR) is 137 cm³/mol. The maximum atomic E-state index is 9.52. The van der Waals surface area contributed by atoms with E-state index >= 15 is 0 Å². The minimum atomic E-state index is 0.269. The number of anilines is 1. The maximum Gasteiger partial charge on any atom is 0.257 e. The molecule has 0 bridgehead atoms. The number of pyridine rings is 1. The lowest BCUT2D eigenvalue weighted by atomic mass is 9.94. The van der Waals surface area contributed by atoms with Crippen LogP contribution in [-0.2, 0) is 0 Å². The van der Waals surface area contributed by atoms with Crippen LogP contribution in [0.15, 0.2) is 42.7 Å². The summed E-state index contributed by atoms with van der Waals surface area (Å²) in [7, 11) is 0. The molecule has 180 valence electrons. The Bertz CT molecular complexity index is 1390. The number of aryl methyl sites for hydroxylation is 1. The maximum absolute atomic E-state index is 9.52. The van der Waals surface area contributed by atoms with Gasteiger partial charge in [0.1, 0.15) is 23.6 Å². The lowest BCUT2D eigenvalue weighted by molar-refractivity contribution is 0.0896. The van der Waals surface area contributed by atoms with Gasteiger partial charge in [0.15, 0.2) is 5.82 Å². The quantitative estimate of drug-likeness (QED) is 0.406. The first-order chi connectivity index (χ1) is 17.1. The lowest BCUT2D eigenvalue weighted by Gasteiger charge is -2.49. The van der Waals surface area contributed by atoms with Crippen LogP contribution in [0.5, 0.6) is 0 Å². The summed E-state index contributed by atoms with van der Waals surface area (Å²) in [6.07, 6.45) is 4.74. The molecule has 0 aliphatic carbocycles. The number of fused-ring (bicyclic) bond motifs is 3. The van der Waals surface area contributed by atoms with E-state index in [2.05, 4.69) is 78.0 Å². The zero-order chi connectivity index (χ0) is 24.5. The Hall–Kier alpha value is -3.57. The number of aromatic nitrogens is 5. The van der Waals surface area contributed by atoms with Crippen LogP contribution in [0.2, 0.25) is 0 Å². The van der Waals surface area contributed by atoms with E-state index in [9.17, 15) is 5.26 Å². The molecule has 0 N–H and O–H groups in total. The van der Waals surface area contributed by atoms with E-state index in [4.69, 9.17) is 9.97 Å². The van der Waals surface area contributed by atoms with E-state index in [-0.39, 0.29) is 6.04 Å². The molecule has 0 amide bonds. The molecule has 8 nitrogen and oxygen atoms in total. The van der Waals surface area contributed by atoms with Gasteiger partial charge in [0.2, 0.25) is 0 Å². The summed E-state index contributed by atoms with van der Waals surface area (Å²) in [5, 5.41) is 17.8. The van der Waals surface area contributed by atoms with Crippen LogP contribution in [0.4, 0.5) is 5.82 Å². The average molecular weight is 469 g/mol. The van der Waals surface area contributed by atoms with Gasteiger partial charge in [-0.25, -0.2) is 4.98 Å². The molecule has 3 aromatic heterocycles. The number of rotatable bonds is 6. The topological polar surface area (TPSA) is 86.2 Å². The number of nitriles is 1. The second-order valence-electron chi connectivity index (χ2n) is 9.42. The third-order valence-corrected chi connectivity index (χ3v) is 7.36. The molecule has 35 heavy (non-hydrogen) atoms. The van der Waals surface area contributed by atoms with Gasteiger partial charge >= 0.3 is 0 Å². The van der Waals surface area contributed by atoms with E-state index in [0.717, 1.165) is 49.2 Å². The van der Waals surface area contributed by atoms with Crippen LogP contribution in [0.25, 0.3) is 16.8 Å². The molecule has 0 radical (unpaired) electrons. The van der Waals surface area contributed by atoms with Crippen molar-refractivity contribution in [1.29, 1.82) is 5.26 Å². The first kappa shape index (κ1) is 23.2. The highest BCUT2D eigenvalue weighted by molar-refractivity contribution is 5.88. The minimum absolute atomic E-state index is 0.269. The summed E-state index contributed by atoms with van der Waals surface area (Å²) >= 11 is 0. The Morgan fingerprint density at radius 3 is 2.60 bits per heavy atom. The fourth-order valence-corrected chi connectivity index (χ4v) is 5.56. The monoisotopic (exact) mass is 468 g/mol. The highest BCUT2D eigenvalue weighted by Crippen LogP contribution is 2.35. The molecular formula is C27H32N8. The first-order valence-electron chi connectivity index (χ1n) is 12.6. The Kier molecular flexibility index (Phi) is 6.35. The molecule has 4 heterocycles. The minimum Gasteiger partial charge on any atom is -0.349 e. The summed E-state index contributed by atoms with van der Waals surface area (Å²) in [5.74, 6) is 1.35. The van der Waals surface area contributed by atoms with Crippen LogP contribution in [0.3, 0.4) is 0 Å². The Morgan fingerprint density at radius 2 is 1.89 bits per heavy atom. The largest absolute Gasteiger partial charge is 0.349 e. The second kappa shape index (κ2) is 9.59. The number of nitrogens with zero attached hydrogens (tertiary/aromatic N) is 8. The molecule has 1 fully saturated rings. The molecule has 1 aliphatic heterocycles. The van der Waals surface area contributed by atoms with Crippen LogP contribution in [0, 0.1) is 18.3 Å². The number of hydrogen-bond donors (Lipinski definition) is 0. The van der Waals surface area contributed by atoms with Crippen LogP contribution < -0.4 is 4.90 Å². The fraction of sp³-hybridized carbons (Fsp3) is 0.444. The Balaban J connectivity index is 1.58. The summed E-state index contributed by atoms with van der Waals surface area (Å²) in [5.41, 5.74) is 4.67. The number of benzene rings is 1. The van der Waals surface area contributed by atoms with Crippen LogP contribution in [-0.4, -0.2) is 54.6 Å². The Morgan fingerprint density at radius 1 is 1.06 bits per heavy atom. The van der Waals surface area contributed by atoms with Crippen molar-refractivity contribution in [3.8, 4) is 6.07 Å². The van der Waals surface area contributed by atoms with Crippen molar-refractivity contribution in [2.24, 2.45) is 0 Å². The van der Waals surface area contributed by atoms with Gasteiger partial charge in [-0.2, -0.15) is 10.2 Å². The number of piperazine rings is 1. The normalized spacial score (nSPS) is 19.8. The van der Waals surface area contributed by atoms with Gasteiger partial charge in [0.05, 0.1) is 5.52 Å². The third kappa shape index (κ3) is 4.10. The van der Waals surface area contributed by atoms with E-state index in [1.165, 1.54) is 11.1 Å². The van der Waals surface area contributed by atoms with Crippen molar-refractivity contribution in [3.05, 3.63) is 59.5 Å². The third-order valence-electron chi connectivity index (χ3n) is 7.36. The van der Waals surface area contributed by atoms with E-state index in [1.54, 1.807) is 12.4 Å². The number of hydrogen-bond acceptors (Lipinski definition) is 7. The zero-order valence-electron chi connectivity index (χ0n) is 20.9. The van der Waals surface area contributed by atoms with Crippen LogP contribution in [0.1, 0.15) is 62.9 Å². The molecule has 3 atom stereocenters. The van der Waals surface area contributed by atoms with Crippen molar-refractivity contribution < 1.29 is 0 Å². The van der Waals surface area contributed by atoms with Gasteiger partial charge in [-0.15, -0.1) is 10.2 Å². The van der Waals surface area contributed by atoms with Crippen molar-refractivity contribution in [2.45, 2.75) is 65.1 Å². The van der Waals surface area contributed by atoms with Gasteiger partial charge in [0, 0.05) is 31.2 Å². The van der Waals surface area contributed by atoms with Crippen molar-refractivity contribution in [1.82, 2.24) is 29.5 Å². The first-order valence-corrected chi connectivity index (χ1v) is 12.6. The molecule has 1 saturated heterocycles. The molecule has 0 saturated carbocycles. The molecular weight excluding hydrogens is 436 g/mol. The van der Waals surface area contributed by atoms with Crippen molar-refractivity contribution in [2.75, 3.05) is 18.0 Å². The zero-order valence-corrected chi connectivity index (χ0v) is 20.9. The van der Waals surface area contributed by atoms with Gasteiger partial charge < -0.3 is 4.90 Å². The smallest absolute Gasteiger partial charge is 0.257 e. The standard InChI is InChI=1S/C27H32N8/c1-5-21-16-34(22(6-2)15-33(21)23(7-3)19-10-8-9-18(4)13-19)26-25-24(12-11-20(14-28)30-25)35-17-29-32-27(35)31-26/h8-13,17,21-23H,5-7,15-16H2,1-4H3/t21-,22+,23+/m1/s1.